The highest BCUT2D eigenvalue weighted by atomic mass is 16.2. The van der Waals surface area contributed by atoms with Gasteiger partial charge in [0.25, 0.3) is 0 Å². The molecule has 0 atom stereocenters. The number of carbonyl (C=O) groups excluding carboxylic acids is 2. The van der Waals surface area contributed by atoms with E-state index < -0.39 is 11.8 Å². The number of hydrogen-bond acceptors (Lipinski definition) is 3. The zero-order chi connectivity index (χ0) is 15.0. The van der Waals surface area contributed by atoms with Gasteiger partial charge in [0, 0.05) is 6.54 Å². The topological polar surface area (TPSA) is 70.6 Å². The first-order chi connectivity index (χ1) is 9.54. The molecule has 1 aromatic carbocycles. The van der Waals surface area contributed by atoms with Gasteiger partial charge < -0.3 is 5.32 Å². The quantitative estimate of drug-likeness (QED) is 0.370. The number of carbonyl (C=O) groups is 2. The summed E-state index contributed by atoms with van der Waals surface area (Å²) in [4.78, 5) is 22.5. The SMILES string of the molecule is C=CCNC(=O)C(=O)NN=Cc1ccc(C(C)C)cc1. The minimum atomic E-state index is -0.804. The molecule has 0 aliphatic rings. The molecule has 106 valence electrons. The summed E-state index contributed by atoms with van der Waals surface area (Å²) >= 11 is 0. The van der Waals surface area contributed by atoms with Gasteiger partial charge in [-0.1, -0.05) is 44.2 Å². The minimum Gasteiger partial charge on any atom is -0.344 e. The maximum atomic E-state index is 11.3. The van der Waals surface area contributed by atoms with Crippen LogP contribution in [0.3, 0.4) is 0 Å². The van der Waals surface area contributed by atoms with E-state index in [1.165, 1.54) is 17.9 Å². The summed E-state index contributed by atoms with van der Waals surface area (Å²) in [5.74, 6) is -1.08. The van der Waals surface area contributed by atoms with E-state index in [1.54, 1.807) is 0 Å². The highest BCUT2D eigenvalue weighted by molar-refractivity contribution is 6.35. The van der Waals surface area contributed by atoms with Crippen molar-refractivity contribution in [3.8, 4) is 0 Å². The van der Waals surface area contributed by atoms with Crippen molar-refractivity contribution in [2.24, 2.45) is 5.10 Å². The molecule has 2 amide bonds. The standard InChI is InChI=1S/C15H19N3O2/c1-4-9-16-14(19)15(20)18-17-10-12-5-7-13(8-6-12)11(2)3/h4-8,10-11H,1,9H2,2-3H3,(H,16,19)(H,18,20). The third-order valence-corrected chi connectivity index (χ3v) is 2.60. The van der Waals surface area contributed by atoms with Gasteiger partial charge in [0.1, 0.15) is 0 Å². The normalized spacial score (nSPS) is 10.6. The van der Waals surface area contributed by atoms with E-state index in [2.05, 4.69) is 36.3 Å². The van der Waals surface area contributed by atoms with E-state index in [4.69, 9.17) is 0 Å². The van der Waals surface area contributed by atoms with Crippen LogP contribution >= 0.6 is 0 Å². The molecular weight excluding hydrogens is 254 g/mol. The predicted molar refractivity (Wildman–Crippen MR) is 79.5 cm³/mol. The lowest BCUT2D eigenvalue weighted by atomic mass is 10.0. The van der Waals surface area contributed by atoms with Crippen molar-refractivity contribution in [1.29, 1.82) is 0 Å². The summed E-state index contributed by atoms with van der Waals surface area (Å²) in [5, 5.41) is 6.09. The van der Waals surface area contributed by atoms with Crippen LogP contribution in [0.15, 0.2) is 42.0 Å². The Balaban J connectivity index is 2.50. The maximum absolute atomic E-state index is 11.3. The number of nitrogens with zero attached hydrogens (tertiary/aromatic N) is 1. The van der Waals surface area contributed by atoms with Crippen LogP contribution in [0.1, 0.15) is 30.9 Å². The summed E-state index contributed by atoms with van der Waals surface area (Å²) in [5.41, 5.74) is 4.24. The van der Waals surface area contributed by atoms with E-state index >= 15 is 0 Å². The summed E-state index contributed by atoms with van der Waals surface area (Å²) in [6.45, 7) is 7.91. The Morgan fingerprint density at radius 2 is 1.90 bits per heavy atom. The molecule has 0 aliphatic carbocycles. The maximum Gasteiger partial charge on any atom is 0.329 e. The van der Waals surface area contributed by atoms with E-state index in [9.17, 15) is 9.59 Å². The molecule has 2 N–H and O–H groups in total. The van der Waals surface area contributed by atoms with E-state index in [0.29, 0.717) is 5.92 Å². The minimum absolute atomic E-state index is 0.243. The third kappa shape index (κ3) is 5.06. The summed E-state index contributed by atoms with van der Waals surface area (Å²) in [6.07, 6.45) is 2.98. The molecule has 0 spiro atoms. The lowest BCUT2D eigenvalue weighted by Crippen LogP contribution is -2.37. The Morgan fingerprint density at radius 3 is 2.45 bits per heavy atom. The molecule has 5 nitrogen and oxygen atoms in total. The van der Waals surface area contributed by atoms with Crippen LogP contribution in [0.2, 0.25) is 0 Å². The summed E-state index contributed by atoms with van der Waals surface area (Å²) in [6, 6.07) is 7.82. The molecule has 0 fully saturated rings. The molecule has 0 saturated carbocycles. The van der Waals surface area contributed by atoms with E-state index in [-0.39, 0.29) is 6.54 Å². The summed E-state index contributed by atoms with van der Waals surface area (Å²) < 4.78 is 0. The Morgan fingerprint density at radius 1 is 1.25 bits per heavy atom. The number of amides is 2. The second kappa shape index (κ2) is 7.89. The molecule has 0 radical (unpaired) electrons. The number of benzene rings is 1. The van der Waals surface area contributed by atoms with Crippen LogP contribution in [0.25, 0.3) is 0 Å². The van der Waals surface area contributed by atoms with Crippen LogP contribution in [-0.2, 0) is 9.59 Å². The molecule has 1 aromatic rings. The lowest BCUT2D eigenvalue weighted by Gasteiger charge is -2.04. The Labute approximate surface area is 118 Å². The van der Waals surface area contributed by atoms with E-state index in [0.717, 1.165) is 5.56 Å². The fourth-order valence-electron chi connectivity index (χ4n) is 1.43. The van der Waals surface area contributed by atoms with Crippen molar-refractivity contribution in [1.82, 2.24) is 10.7 Å². The average Bonchev–Trinajstić information content (AvgIpc) is 2.45. The Kier molecular flexibility index (Phi) is 6.16. The highest BCUT2D eigenvalue weighted by Crippen LogP contribution is 2.13. The molecule has 0 aromatic heterocycles. The molecule has 0 aliphatic heterocycles. The van der Waals surface area contributed by atoms with Crippen molar-refractivity contribution in [2.45, 2.75) is 19.8 Å². The van der Waals surface area contributed by atoms with Crippen LogP contribution in [0.5, 0.6) is 0 Å². The van der Waals surface area contributed by atoms with Gasteiger partial charge in [-0.15, -0.1) is 6.58 Å². The van der Waals surface area contributed by atoms with Crippen molar-refractivity contribution >= 4 is 18.0 Å². The largest absolute Gasteiger partial charge is 0.344 e. The fourth-order valence-corrected chi connectivity index (χ4v) is 1.43. The van der Waals surface area contributed by atoms with Gasteiger partial charge in [0.05, 0.1) is 6.21 Å². The molecule has 0 bridgehead atoms. The fraction of sp³-hybridized carbons (Fsp3) is 0.267. The second-order valence-electron chi connectivity index (χ2n) is 4.52. The molecule has 0 unspecified atom stereocenters. The van der Waals surface area contributed by atoms with Crippen LogP contribution in [0, 0.1) is 0 Å². The molecule has 20 heavy (non-hydrogen) atoms. The van der Waals surface area contributed by atoms with Crippen LogP contribution < -0.4 is 10.7 Å². The third-order valence-electron chi connectivity index (χ3n) is 2.60. The lowest BCUT2D eigenvalue weighted by molar-refractivity contribution is -0.139. The number of nitrogens with one attached hydrogen (secondary N) is 2. The molecule has 5 heteroatoms. The second-order valence-corrected chi connectivity index (χ2v) is 4.52. The average molecular weight is 273 g/mol. The van der Waals surface area contributed by atoms with Gasteiger partial charge in [-0.2, -0.15) is 5.10 Å². The molecule has 0 saturated heterocycles. The summed E-state index contributed by atoms with van der Waals surface area (Å²) in [7, 11) is 0. The number of hydrazone groups is 1. The smallest absolute Gasteiger partial charge is 0.329 e. The van der Waals surface area contributed by atoms with Crippen molar-refractivity contribution in [2.75, 3.05) is 6.54 Å². The highest BCUT2D eigenvalue weighted by Gasteiger charge is 2.10. The first-order valence-electron chi connectivity index (χ1n) is 6.36. The van der Waals surface area contributed by atoms with E-state index in [1.807, 2.05) is 24.3 Å². The first kappa shape index (κ1) is 15.6. The zero-order valence-corrected chi connectivity index (χ0v) is 11.7. The van der Waals surface area contributed by atoms with Crippen LogP contribution in [-0.4, -0.2) is 24.6 Å². The van der Waals surface area contributed by atoms with Crippen LogP contribution in [0.4, 0.5) is 0 Å². The molecule has 1 rings (SSSR count). The molecular formula is C15H19N3O2. The van der Waals surface area contributed by atoms with Gasteiger partial charge in [-0.3, -0.25) is 9.59 Å². The number of rotatable bonds is 5. The monoisotopic (exact) mass is 273 g/mol. The van der Waals surface area contributed by atoms with Gasteiger partial charge in [-0.05, 0) is 17.0 Å². The first-order valence-corrected chi connectivity index (χ1v) is 6.36. The zero-order valence-electron chi connectivity index (χ0n) is 11.7. The Hall–Kier alpha value is -2.43. The van der Waals surface area contributed by atoms with Gasteiger partial charge in [0.15, 0.2) is 0 Å². The van der Waals surface area contributed by atoms with Crippen molar-refractivity contribution < 1.29 is 9.59 Å². The van der Waals surface area contributed by atoms with Gasteiger partial charge in [-0.25, -0.2) is 5.43 Å². The predicted octanol–water partition coefficient (Wildman–Crippen LogP) is 1.56. The number of hydrogen-bond donors (Lipinski definition) is 2. The van der Waals surface area contributed by atoms with Gasteiger partial charge >= 0.3 is 11.8 Å². The Bertz CT molecular complexity index is 504. The van der Waals surface area contributed by atoms with Gasteiger partial charge in [0.2, 0.25) is 0 Å². The van der Waals surface area contributed by atoms with Crippen molar-refractivity contribution in [3.05, 3.63) is 48.0 Å². The molecule has 0 heterocycles. The van der Waals surface area contributed by atoms with Crippen molar-refractivity contribution in [3.63, 3.8) is 0 Å².